The molecule has 3 rings (SSSR count). The van der Waals surface area contributed by atoms with E-state index < -0.39 is 0 Å². The molecule has 0 saturated carbocycles. The zero-order chi connectivity index (χ0) is 16.9. The first-order chi connectivity index (χ1) is 11.6. The highest BCUT2D eigenvalue weighted by Crippen LogP contribution is 2.18. The summed E-state index contributed by atoms with van der Waals surface area (Å²) in [6.07, 6.45) is 1.75. The topological polar surface area (TPSA) is 29.5 Å². The molecule has 24 heavy (non-hydrogen) atoms. The average Bonchev–Trinajstić information content (AvgIpc) is 2.61. The normalized spacial score (nSPS) is 17.8. The molecule has 2 aromatic rings. The Labute approximate surface area is 142 Å². The highest BCUT2D eigenvalue weighted by molar-refractivity contribution is 5.94. The fourth-order valence-corrected chi connectivity index (χ4v) is 2.96. The van der Waals surface area contributed by atoms with E-state index >= 15 is 0 Å². The van der Waals surface area contributed by atoms with Gasteiger partial charge in [0.05, 0.1) is 12.7 Å². The molecular formula is C20H22FNO2. The summed E-state index contributed by atoms with van der Waals surface area (Å²) in [7, 11) is 0. The van der Waals surface area contributed by atoms with Gasteiger partial charge in [-0.05, 0) is 38.0 Å². The standard InChI is InChI=1S/C20H22FNO2/c1-15-8-10-16(11-9-15)20(23)22-12-4-6-18(13-22)24-14-17-5-2-3-7-19(17)21/h2-3,5,7-11,18H,4,6,12-14H2,1H3. The predicted octanol–water partition coefficient (Wildman–Crippen LogP) is 3.96. The summed E-state index contributed by atoms with van der Waals surface area (Å²) in [5.41, 5.74) is 2.39. The number of ether oxygens (including phenoxy) is 1. The molecule has 1 aliphatic heterocycles. The summed E-state index contributed by atoms with van der Waals surface area (Å²) in [5.74, 6) is -0.213. The van der Waals surface area contributed by atoms with Crippen molar-refractivity contribution in [3.05, 3.63) is 71.0 Å². The lowest BCUT2D eigenvalue weighted by atomic mass is 10.1. The molecule has 1 fully saturated rings. The minimum Gasteiger partial charge on any atom is -0.372 e. The second-order valence-corrected chi connectivity index (χ2v) is 6.28. The van der Waals surface area contributed by atoms with Crippen LogP contribution in [0.1, 0.15) is 34.3 Å². The van der Waals surface area contributed by atoms with Gasteiger partial charge >= 0.3 is 0 Å². The van der Waals surface area contributed by atoms with Crippen LogP contribution in [0.15, 0.2) is 48.5 Å². The van der Waals surface area contributed by atoms with E-state index in [0.29, 0.717) is 17.7 Å². The monoisotopic (exact) mass is 327 g/mol. The SMILES string of the molecule is Cc1ccc(C(=O)N2CCCC(OCc3ccccc3F)C2)cc1. The van der Waals surface area contributed by atoms with Crippen LogP contribution in [0.3, 0.4) is 0 Å². The Morgan fingerprint density at radius 3 is 2.71 bits per heavy atom. The first-order valence-corrected chi connectivity index (χ1v) is 8.34. The number of nitrogens with zero attached hydrogens (tertiary/aromatic N) is 1. The van der Waals surface area contributed by atoms with Crippen molar-refractivity contribution in [3.8, 4) is 0 Å². The first kappa shape index (κ1) is 16.7. The number of halogens is 1. The van der Waals surface area contributed by atoms with Crippen molar-refractivity contribution in [1.29, 1.82) is 0 Å². The fraction of sp³-hybridized carbons (Fsp3) is 0.350. The molecule has 1 atom stereocenters. The quantitative estimate of drug-likeness (QED) is 0.851. The molecule has 126 valence electrons. The lowest BCUT2D eigenvalue weighted by molar-refractivity contribution is -0.00761. The summed E-state index contributed by atoms with van der Waals surface area (Å²) >= 11 is 0. The maximum atomic E-state index is 13.7. The van der Waals surface area contributed by atoms with Gasteiger partial charge in [-0.3, -0.25) is 4.79 Å². The van der Waals surface area contributed by atoms with Crippen molar-refractivity contribution in [2.75, 3.05) is 13.1 Å². The highest BCUT2D eigenvalue weighted by Gasteiger charge is 2.25. The van der Waals surface area contributed by atoms with E-state index in [9.17, 15) is 9.18 Å². The fourth-order valence-electron chi connectivity index (χ4n) is 2.96. The van der Waals surface area contributed by atoms with E-state index in [1.165, 1.54) is 6.07 Å². The summed E-state index contributed by atoms with van der Waals surface area (Å²) in [6.45, 7) is 3.54. The van der Waals surface area contributed by atoms with E-state index in [1.54, 1.807) is 18.2 Å². The Morgan fingerprint density at radius 1 is 1.21 bits per heavy atom. The van der Waals surface area contributed by atoms with Gasteiger partial charge in [0.2, 0.25) is 0 Å². The maximum absolute atomic E-state index is 13.7. The van der Waals surface area contributed by atoms with Gasteiger partial charge in [0.1, 0.15) is 5.82 Å². The molecule has 0 bridgehead atoms. The molecule has 4 heteroatoms. The van der Waals surface area contributed by atoms with E-state index in [-0.39, 0.29) is 24.4 Å². The molecule has 1 heterocycles. The number of likely N-dealkylation sites (tertiary alicyclic amines) is 1. The molecule has 0 aliphatic carbocycles. The molecule has 1 unspecified atom stereocenters. The van der Waals surface area contributed by atoms with E-state index in [0.717, 1.165) is 24.9 Å². The third kappa shape index (κ3) is 4.01. The number of benzene rings is 2. The van der Waals surface area contributed by atoms with Crippen LogP contribution in [-0.4, -0.2) is 30.0 Å². The van der Waals surface area contributed by atoms with Crippen LogP contribution < -0.4 is 0 Å². The number of piperidine rings is 1. The number of aryl methyl sites for hydroxylation is 1. The van der Waals surface area contributed by atoms with Crippen LogP contribution in [0.5, 0.6) is 0 Å². The Balaban J connectivity index is 1.59. The Kier molecular flexibility index (Phi) is 5.26. The van der Waals surface area contributed by atoms with Crippen molar-refractivity contribution in [2.24, 2.45) is 0 Å². The summed E-state index contributed by atoms with van der Waals surface area (Å²) in [4.78, 5) is 14.4. The van der Waals surface area contributed by atoms with Crippen LogP contribution in [0.2, 0.25) is 0 Å². The van der Waals surface area contributed by atoms with Crippen molar-refractivity contribution in [1.82, 2.24) is 4.90 Å². The second-order valence-electron chi connectivity index (χ2n) is 6.28. The van der Waals surface area contributed by atoms with Crippen LogP contribution >= 0.6 is 0 Å². The number of hydrogen-bond acceptors (Lipinski definition) is 2. The Bertz CT molecular complexity index is 699. The molecule has 1 saturated heterocycles. The third-order valence-electron chi connectivity index (χ3n) is 4.40. The van der Waals surface area contributed by atoms with Crippen LogP contribution in [-0.2, 0) is 11.3 Å². The molecule has 0 radical (unpaired) electrons. The smallest absolute Gasteiger partial charge is 0.253 e. The number of hydrogen-bond donors (Lipinski definition) is 0. The van der Waals surface area contributed by atoms with Crippen molar-refractivity contribution in [2.45, 2.75) is 32.5 Å². The zero-order valence-electron chi connectivity index (χ0n) is 13.9. The van der Waals surface area contributed by atoms with Gasteiger partial charge in [-0.1, -0.05) is 35.9 Å². The van der Waals surface area contributed by atoms with E-state index in [1.807, 2.05) is 36.1 Å². The molecule has 2 aromatic carbocycles. The molecule has 1 aliphatic rings. The zero-order valence-corrected chi connectivity index (χ0v) is 13.9. The largest absolute Gasteiger partial charge is 0.372 e. The van der Waals surface area contributed by atoms with Crippen LogP contribution in [0.4, 0.5) is 4.39 Å². The van der Waals surface area contributed by atoms with Crippen molar-refractivity contribution < 1.29 is 13.9 Å². The van der Waals surface area contributed by atoms with Gasteiger partial charge < -0.3 is 9.64 Å². The van der Waals surface area contributed by atoms with Gasteiger partial charge in [-0.15, -0.1) is 0 Å². The predicted molar refractivity (Wildman–Crippen MR) is 91.3 cm³/mol. The number of rotatable bonds is 4. The summed E-state index contributed by atoms with van der Waals surface area (Å²) in [6, 6.07) is 14.3. The molecule has 1 amide bonds. The lowest BCUT2D eigenvalue weighted by Gasteiger charge is -2.32. The minimum atomic E-state index is -0.249. The van der Waals surface area contributed by atoms with E-state index in [2.05, 4.69) is 0 Å². The van der Waals surface area contributed by atoms with Gasteiger partial charge in [0.15, 0.2) is 0 Å². The molecule has 0 aromatic heterocycles. The van der Waals surface area contributed by atoms with Gasteiger partial charge in [0.25, 0.3) is 5.91 Å². The Morgan fingerprint density at radius 2 is 1.96 bits per heavy atom. The molecular weight excluding hydrogens is 305 g/mol. The average molecular weight is 327 g/mol. The number of amides is 1. The third-order valence-corrected chi connectivity index (χ3v) is 4.40. The van der Waals surface area contributed by atoms with Crippen molar-refractivity contribution in [3.63, 3.8) is 0 Å². The van der Waals surface area contributed by atoms with Crippen molar-refractivity contribution >= 4 is 5.91 Å². The van der Waals surface area contributed by atoms with Crippen LogP contribution in [0, 0.1) is 12.7 Å². The summed E-state index contributed by atoms with van der Waals surface area (Å²) in [5, 5.41) is 0. The van der Waals surface area contributed by atoms with Gasteiger partial charge in [-0.25, -0.2) is 4.39 Å². The van der Waals surface area contributed by atoms with E-state index in [4.69, 9.17) is 4.74 Å². The minimum absolute atomic E-state index is 0.0363. The number of carbonyl (C=O) groups excluding carboxylic acids is 1. The second kappa shape index (κ2) is 7.58. The Hall–Kier alpha value is -2.20. The summed E-state index contributed by atoms with van der Waals surface area (Å²) < 4.78 is 19.5. The highest BCUT2D eigenvalue weighted by atomic mass is 19.1. The molecule has 0 spiro atoms. The van der Waals surface area contributed by atoms with Gasteiger partial charge in [0, 0.05) is 24.2 Å². The maximum Gasteiger partial charge on any atom is 0.253 e. The molecule has 3 nitrogen and oxygen atoms in total. The van der Waals surface area contributed by atoms with Gasteiger partial charge in [-0.2, -0.15) is 0 Å². The van der Waals surface area contributed by atoms with Crippen LogP contribution in [0.25, 0.3) is 0 Å². The first-order valence-electron chi connectivity index (χ1n) is 8.34. The molecule has 0 N–H and O–H groups in total. The number of carbonyl (C=O) groups is 1. The lowest BCUT2D eigenvalue weighted by Crippen LogP contribution is -2.43.